The third kappa shape index (κ3) is 8.21. The zero-order valence-electron chi connectivity index (χ0n) is 24.4. The number of rotatable bonds is 12. The second kappa shape index (κ2) is 15.5. The van der Waals surface area contributed by atoms with Gasteiger partial charge in [0.05, 0.1) is 12.5 Å². The number of fused-ring (bicyclic) bond motifs is 1. The van der Waals surface area contributed by atoms with Crippen LogP contribution in [0.2, 0.25) is 0 Å². The predicted molar refractivity (Wildman–Crippen MR) is 153 cm³/mol. The molecule has 2 heterocycles. The van der Waals surface area contributed by atoms with Gasteiger partial charge in [-0.15, -0.1) is 0 Å². The quantitative estimate of drug-likeness (QED) is 0.232. The smallest absolute Gasteiger partial charge is 0.322 e. The summed E-state index contributed by atoms with van der Waals surface area (Å²) in [7, 11) is 1.88. The van der Waals surface area contributed by atoms with E-state index < -0.39 is 0 Å². The molecule has 38 heavy (non-hydrogen) atoms. The monoisotopic (exact) mass is 525 g/mol. The SMILES string of the molecule is CCC[C@H](OC)C1(CC/C=C/C(=O)[C@H](C)CC2CCCCC2)CCCC1.CCn1cn[n+]2c(c1=O)[CH]C=C2. The number of ketones is 1. The van der Waals surface area contributed by atoms with Gasteiger partial charge in [0.1, 0.15) is 0 Å². The maximum atomic E-state index is 12.5. The maximum absolute atomic E-state index is 12.5. The molecule has 0 aromatic carbocycles. The standard InChI is InChI=1S/C24H42O2.C8H9N3O/c1-4-12-23(26-3)24(17-10-11-18-24)16-9-8-15-22(25)20(2)19-21-13-6-5-7-14-21;1-2-10-6-9-11-5-3-4-7(11)8(10)12/h8,15,20-21,23H,4-7,9-14,16-19H2,1-3H3;3-6H,2H2,1H3/q;+1/b15-8+;/t20-,23+;/m1./s1. The fraction of sp³-hybridized carbons (Fsp3) is 0.719. The highest BCUT2D eigenvalue weighted by atomic mass is 16.5. The van der Waals surface area contributed by atoms with Crippen LogP contribution in [0, 0.1) is 23.7 Å². The molecule has 0 amide bonds. The average molecular weight is 526 g/mol. The van der Waals surface area contributed by atoms with E-state index in [1.165, 1.54) is 70.6 Å². The Morgan fingerprint density at radius 1 is 1.21 bits per heavy atom. The fourth-order valence-electron chi connectivity index (χ4n) is 6.71. The lowest BCUT2D eigenvalue weighted by Gasteiger charge is -2.36. The summed E-state index contributed by atoms with van der Waals surface area (Å²) in [5.74, 6) is 1.32. The topological polar surface area (TPSA) is 65.1 Å². The molecule has 1 aromatic rings. The molecule has 4 rings (SSSR count). The molecule has 2 fully saturated rings. The van der Waals surface area contributed by atoms with Crippen LogP contribution in [0.1, 0.15) is 116 Å². The molecule has 1 aromatic heterocycles. The molecule has 0 N–H and O–H groups in total. The Bertz CT molecular complexity index is 984. The van der Waals surface area contributed by atoms with E-state index in [1.54, 1.807) is 28.2 Å². The molecule has 0 bridgehead atoms. The summed E-state index contributed by atoms with van der Waals surface area (Å²) >= 11 is 0. The predicted octanol–water partition coefficient (Wildman–Crippen LogP) is 6.46. The van der Waals surface area contributed by atoms with E-state index in [0.29, 0.717) is 29.5 Å². The normalized spacial score (nSPS) is 20.2. The third-order valence-electron chi connectivity index (χ3n) is 8.97. The number of carbonyl (C=O) groups excluding carboxylic acids is 1. The van der Waals surface area contributed by atoms with Crippen molar-refractivity contribution >= 4 is 12.0 Å². The van der Waals surface area contributed by atoms with Crippen molar-refractivity contribution in [2.75, 3.05) is 7.11 Å². The summed E-state index contributed by atoms with van der Waals surface area (Å²) in [6.45, 7) is 6.96. The van der Waals surface area contributed by atoms with Gasteiger partial charge in [-0.1, -0.05) is 71.3 Å². The van der Waals surface area contributed by atoms with Crippen molar-refractivity contribution in [3.63, 3.8) is 0 Å². The van der Waals surface area contributed by atoms with Crippen molar-refractivity contribution in [2.24, 2.45) is 17.3 Å². The fourth-order valence-corrected chi connectivity index (χ4v) is 6.71. The Balaban J connectivity index is 0.000000275. The summed E-state index contributed by atoms with van der Waals surface area (Å²) in [5.41, 5.74) is 0.989. The lowest BCUT2D eigenvalue weighted by Crippen LogP contribution is -2.42. The molecular weight excluding hydrogens is 474 g/mol. The van der Waals surface area contributed by atoms with Crippen molar-refractivity contribution in [1.29, 1.82) is 0 Å². The van der Waals surface area contributed by atoms with E-state index >= 15 is 0 Å². The van der Waals surface area contributed by atoms with Crippen molar-refractivity contribution in [2.45, 2.75) is 123 Å². The maximum Gasteiger partial charge on any atom is 0.322 e. The second-order valence-corrected chi connectivity index (χ2v) is 11.6. The van der Waals surface area contributed by atoms with Gasteiger partial charge < -0.3 is 4.74 Å². The van der Waals surface area contributed by atoms with Crippen molar-refractivity contribution in [1.82, 2.24) is 9.67 Å². The van der Waals surface area contributed by atoms with Crippen LogP contribution < -0.4 is 10.2 Å². The summed E-state index contributed by atoms with van der Waals surface area (Å²) in [5, 5.41) is 4.05. The first-order valence-electron chi connectivity index (χ1n) is 15.2. The van der Waals surface area contributed by atoms with Crippen LogP contribution in [-0.4, -0.2) is 28.7 Å². The van der Waals surface area contributed by atoms with Crippen LogP contribution >= 0.6 is 0 Å². The highest BCUT2D eigenvalue weighted by molar-refractivity contribution is 5.91. The van der Waals surface area contributed by atoms with Crippen LogP contribution in [0.4, 0.5) is 0 Å². The van der Waals surface area contributed by atoms with Gasteiger partial charge in [0, 0.05) is 24.7 Å². The minimum Gasteiger partial charge on any atom is -0.381 e. The Kier molecular flexibility index (Phi) is 12.4. The van der Waals surface area contributed by atoms with Crippen LogP contribution in [0.15, 0.2) is 29.3 Å². The lowest BCUT2D eigenvalue weighted by molar-refractivity contribution is -0.637. The van der Waals surface area contributed by atoms with Crippen LogP contribution in [0.3, 0.4) is 0 Å². The number of nitrogens with zero attached hydrogens (tertiary/aromatic N) is 3. The summed E-state index contributed by atoms with van der Waals surface area (Å²) < 4.78 is 9.04. The number of aromatic nitrogens is 3. The summed E-state index contributed by atoms with van der Waals surface area (Å²) in [4.78, 5) is 24.0. The van der Waals surface area contributed by atoms with Gasteiger partial charge in [0.15, 0.2) is 18.3 Å². The van der Waals surface area contributed by atoms with Gasteiger partial charge in [0.2, 0.25) is 0 Å². The number of hydrogen-bond donors (Lipinski definition) is 0. The number of ether oxygens (including phenoxy) is 1. The van der Waals surface area contributed by atoms with E-state index in [9.17, 15) is 9.59 Å². The number of hydrogen-bond acceptors (Lipinski definition) is 4. The van der Waals surface area contributed by atoms with E-state index in [4.69, 9.17) is 4.74 Å². The largest absolute Gasteiger partial charge is 0.381 e. The molecule has 2 saturated carbocycles. The van der Waals surface area contributed by atoms with Crippen LogP contribution in [-0.2, 0) is 16.1 Å². The zero-order valence-corrected chi connectivity index (χ0v) is 24.4. The first kappa shape index (κ1) is 30.5. The number of allylic oxidation sites excluding steroid dienone is 3. The highest BCUT2D eigenvalue weighted by Crippen LogP contribution is 2.47. The van der Waals surface area contributed by atoms with Gasteiger partial charge in [0.25, 0.3) is 5.69 Å². The van der Waals surface area contributed by atoms with Gasteiger partial charge in [-0.05, 0) is 73.6 Å². The highest BCUT2D eigenvalue weighted by Gasteiger charge is 2.40. The molecule has 0 unspecified atom stereocenters. The molecule has 211 valence electrons. The van der Waals surface area contributed by atoms with Gasteiger partial charge >= 0.3 is 5.56 Å². The average Bonchev–Trinajstić information content (AvgIpc) is 3.62. The van der Waals surface area contributed by atoms with E-state index in [-0.39, 0.29) is 11.5 Å². The molecule has 6 nitrogen and oxygen atoms in total. The Hall–Kier alpha value is -2.08. The molecule has 6 heteroatoms. The number of aryl methyl sites for hydroxylation is 1. The molecule has 0 saturated heterocycles. The molecular formula is C32H51N3O3+. The third-order valence-corrected chi connectivity index (χ3v) is 8.97. The zero-order chi connectivity index (χ0) is 27.4. The first-order chi connectivity index (χ1) is 18.4. The minimum absolute atomic E-state index is 0.0116. The lowest BCUT2D eigenvalue weighted by atomic mass is 9.74. The van der Waals surface area contributed by atoms with Crippen LogP contribution in [0.25, 0.3) is 6.20 Å². The minimum atomic E-state index is 0.0116. The van der Waals surface area contributed by atoms with E-state index in [0.717, 1.165) is 25.2 Å². The van der Waals surface area contributed by atoms with Crippen molar-refractivity contribution in [3.05, 3.63) is 47.0 Å². The Labute approximate surface area is 230 Å². The summed E-state index contributed by atoms with van der Waals surface area (Å²) in [6.07, 6.45) is 29.0. The van der Waals surface area contributed by atoms with E-state index in [1.807, 2.05) is 26.2 Å². The number of methoxy groups -OCH3 is 1. The molecule has 3 aliphatic rings. The Morgan fingerprint density at radius 3 is 2.61 bits per heavy atom. The molecule has 1 radical (unpaired) electrons. The Morgan fingerprint density at radius 2 is 1.95 bits per heavy atom. The van der Waals surface area contributed by atoms with Gasteiger partial charge in [-0.25, -0.2) is 0 Å². The van der Waals surface area contributed by atoms with Crippen molar-refractivity contribution < 1.29 is 14.2 Å². The van der Waals surface area contributed by atoms with Gasteiger partial charge in [-0.2, -0.15) is 0 Å². The van der Waals surface area contributed by atoms with E-state index in [2.05, 4.69) is 25.0 Å². The van der Waals surface area contributed by atoms with Gasteiger partial charge in [-0.3, -0.25) is 14.2 Å². The van der Waals surface area contributed by atoms with Crippen LogP contribution in [0.5, 0.6) is 0 Å². The van der Waals surface area contributed by atoms with Crippen molar-refractivity contribution in [3.8, 4) is 0 Å². The molecule has 0 spiro atoms. The molecule has 2 atom stereocenters. The summed E-state index contributed by atoms with van der Waals surface area (Å²) in [6, 6.07) is 0. The molecule has 1 aliphatic heterocycles. The second-order valence-electron chi connectivity index (χ2n) is 11.6. The molecule has 2 aliphatic carbocycles. The first-order valence-corrected chi connectivity index (χ1v) is 15.2. The number of carbonyl (C=O) groups is 1.